The third kappa shape index (κ3) is 4.66. The van der Waals surface area contributed by atoms with Crippen LogP contribution in [0.4, 0.5) is 5.69 Å². The number of hydrogen-bond acceptors (Lipinski definition) is 4. The van der Waals surface area contributed by atoms with E-state index in [1.54, 1.807) is 66.7 Å². The minimum Gasteiger partial charge on any atom is -0.493 e. The van der Waals surface area contributed by atoms with Crippen LogP contribution in [0.2, 0.25) is 5.02 Å². The molecule has 152 valence electrons. The summed E-state index contributed by atoms with van der Waals surface area (Å²) in [6, 6.07) is 18.9. The van der Waals surface area contributed by atoms with Gasteiger partial charge in [0.2, 0.25) is 0 Å². The first-order chi connectivity index (χ1) is 13.8. The second kappa shape index (κ2) is 8.76. The molecule has 0 heterocycles. The number of nitrogens with zero attached hydrogens (tertiary/aromatic N) is 1. The Hall–Kier alpha value is -2.70. The van der Waals surface area contributed by atoms with Gasteiger partial charge in [-0.1, -0.05) is 41.4 Å². The lowest BCUT2D eigenvalue weighted by Crippen LogP contribution is -2.30. The molecule has 0 fully saturated rings. The van der Waals surface area contributed by atoms with Gasteiger partial charge in [-0.25, -0.2) is 8.42 Å². The molecule has 7 heteroatoms. The summed E-state index contributed by atoms with van der Waals surface area (Å²) in [6.45, 7) is 2.05. The van der Waals surface area contributed by atoms with Gasteiger partial charge < -0.3 is 9.47 Å². The quantitative estimate of drug-likeness (QED) is 0.524. The van der Waals surface area contributed by atoms with Crippen LogP contribution in [-0.2, 0) is 16.6 Å². The molecule has 0 saturated heterocycles. The van der Waals surface area contributed by atoms with E-state index in [1.807, 2.05) is 6.92 Å². The zero-order valence-corrected chi connectivity index (χ0v) is 18.0. The molecule has 0 aromatic heterocycles. The standard InChI is InChI=1S/C22H22ClNO4S/c1-16-4-11-20(12-5-16)29(25,26)24(15-17-6-8-18(23)9-7-17)19-10-13-21(27-2)22(14-19)28-3/h4-14H,15H2,1-3H3. The molecule has 0 aliphatic carbocycles. The SMILES string of the molecule is COc1ccc(N(Cc2ccc(Cl)cc2)S(=O)(=O)c2ccc(C)cc2)cc1OC. The number of aryl methyl sites for hydroxylation is 1. The highest BCUT2D eigenvalue weighted by atomic mass is 35.5. The van der Waals surface area contributed by atoms with E-state index in [9.17, 15) is 8.42 Å². The Kier molecular flexibility index (Phi) is 6.35. The molecule has 3 aromatic rings. The van der Waals surface area contributed by atoms with Crippen molar-refractivity contribution in [3.05, 3.63) is 82.9 Å². The van der Waals surface area contributed by atoms with Crippen LogP contribution in [0.25, 0.3) is 0 Å². The third-order valence-electron chi connectivity index (χ3n) is 4.50. The largest absolute Gasteiger partial charge is 0.493 e. The van der Waals surface area contributed by atoms with Gasteiger partial charge in [0.1, 0.15) is 0 Å². The summed E-state index contributed by atoms with van der Waals surface area (Å²) in [7, 11) is -0.772. The van der Waals surface area contributed by atoms with Crippen molar-refractivity contribution in [1.82, 2.24) is 0 Å². The summed E-state index contributed by atoms with van der Waals surface area (Å²) in [5, 5.41) is 0.591. The molecule has 5 nitrogen and oxygen atoms in total. The molecular weight excluding hydrogens is 410 g/mol. The molecule has 0 aliphatic rings. The molecule has 0 saturated carbocycles. The minimum absolute atomic E-state index is 0.142. The zero-order chi connectivity index (χ0) is 21.0. The van der Waals surface area contributed by atoms with Gasteiger partial charge in [0.25, 0.3) is 10.0 Å². The maximum atomic E-state index is 13.5. The van der Waals surface area contributed by atoms with Gasteiger partial charge in [-0.05, 0) is 48.9 Å². The van der Waals surface area contributed by atoms with Crippen molar-refractivity contribution in [2.75, 3.05) is 18.5 Å². The highest BCUT2D eigenvalue weighted by molar-refractivity contribution is 7.92. The summed E-state index contributed by atoms with van der Waals surface area (Å²) in [6.07, 6.45) is 0. The van der Waals surface area contributed by atoms with Crippen LogP contribution in [0.3, 0.4) is 0 Å². The van der Waals surface area contributed by atoms with Crippen LogP contribution in [-0.4, -0.2) is 22.6 Å². The normalized spacial score (nSPS) is 11.2. The first-order valence-electron chi connectivity index (χ1n) is 8.91. The van der Waals surface area contributed by atoms with E-state index in [1.165, 1.54) is 18.5 Å². The molecule has 0 N–H and O–H groups in total. The fraction of sp³-hybridized carbons (Fsp3) is 0.182. The zero-order valence-electron chi connectivity index (χ0n) is 16.4. The highest BCUT2D eigenvalue weighted by Gasteiger charge is 2.26. The lowest BCUT2D eigenvalue weighted by atomic mass is 10.2. The Bertz CT molecular complexity index is 1080. The first kappa shape index (κ1) is 21.0. The van der Waals surface area contributed by atoms with Gasteiger partial charge in [0.15, 0.2) is 11.5 Å². The number of anilines is 1. The molecule has 0 amide bonds. The smallest absolute Gasteiger partial charge is 0.264 e. The van der Waals surface area contributed by atoms with Gasteiger partial charge >= 0.3 is 0 Å². The molecule has 3 rings (SSSR count). The summed E-state index contributed by atoms with van der Waals surface area (Å²) in [5.74, 6) is 0.973. The van der Waals surface area contributed by atoms with Gasteiger partial charge in [0, 0.05) is 11.1 Å². The first-order valence-corrected chi connectivity index (χ1v) is 10.7. The van der Waals surface area contributed by atoms with Crippen molar-refractivity contribution in [2.45, 2.75) is 18.4 Å². The molecule has 0 radical (unpaired) electrons. The second-order valence-electron chi connectivity index (χ2n) is 6.49. The molecule has 0 bridgehead atoms. The molecule has 0 atom stereocenters. The van der Waals surface area contributed by atoms with Crippen LogP contribution in [0.1, 0.15) is 11.1 Å². The van der Waals surface area contributed by atoms with Gasteiger partial charge in [-0.3, -0.25) is 4.31 Å². The van der Waals surface area contributed by atoms with Crippen molar-refractivity contribution in [3.8, 4) is 11.5 Å². The number of sulfonamides is 1. The number of methoxy groups -OCH3 is 2. The lowest BCUT2D eigenvalue weighted by Gasteiger charge is -2.25. The molecule has 29 heavy (non-hydrogen) atoms. The predicted octanol–water partition coefficient (Wildman–Crippen LogP) is 5.06. The third-order valence-corrected chi connectivity index (χ3v) is 6.54. The Labute approximate surface area is 176 Å². The summed E-state index contributed by atoms with van der Waals surface area (Å²) in [5.41, 5.74) is 2.26. The van der Waals surface area contributed by atoms with Crippen molar-refractivity contribution in [3.63, 3.8) is 0 Å². The average molecular weight is 432 g/mol. The summed E-state index contributed by atoms with van der Waals surface area (Å²) < 4.78 is 39.0. The fourth-order valence-electron chi connectivity index (χ4n) is 2.89. The van der Waals surface area contributed by atoms with Crippen LogP contribution >= 0.6 is 11.6 Å². The monoisotopic (exact) mass is 431 g/mol. The number of benzene rings is 3. The average Bonchev–Trinajstić information content (AvgIpc) is 2.73. The van der Waals surface area contributed by atoms with Gasteiger partial charge in [0.05, 0.1) is 31.3 Å². The Balaban J connectivity index is 2.10. The number of hydrogen-bond donors (Lipinski definition) is 0. The van der Waals surface area contributed by atoms with E-state index >= 15 is 0 Å². The van der Waals surface area contributed by atoms with E-state index < -0.39 is 10.0 Å². The molecule has 3 aromatic carbocycles. The maximum Gasteiger partial charge on any atom is 0.264 e. The molecule has 0 aliphatic heterocycles. The number of halogens is 1. The van der Waals surface area contributed by atoms with Crippen molar-refractivity contribution >= 4 is 27.3 Å². The topological polar surface area (TPSA) is 55.8 Å². The molecular formula is C22H22ClNO4S. The number of ether oxygens (including phenoxy) is 2. The number of rotatable bonds is 7. The fourth-order valence-corrected chi connectivity index (χ4v) is 4.46. The van der Waals surface area contributed by atoms with Crippen LogP contribution in [0.5, 0.6) is 11.5 Å². The Morgan fingerprint density at radius 3 is 2.07 bits per heavy atom. The second-order valence-corrected chi connectivity index (χ2v) is 8.79. The minimum atomic E-state index is -3.82. The predicted molar refractivity (Wildman–Crippen MR) is 116 cm³/mol. The van der Waals surface area contributed by atoms with Gasteiger partial charge in [-0.2, -0.15) is 0 Å². The lowest BCUT2D eigenvalue weighted by molar-refractivity contribution is 0.355. The summed E-state index contributed by atoms with van der Waals surface area (Å²) >= 11 is 5.98. The van der Waals surface area contributed by atoms with E-state index in [2.05, 4.69) is 0 Å². The van der Waals surface area contributed by atoms with Crippen molar-refractivity contribution in [1.29, 1.82) is 0 Å². The van der Waals surface area contributed by atoms with Crippen molar-refractivity contribution < 1.29 is 17.9 Å². The molecule has 0 unspecified atom stereocenters. The van der Waals surface area contributed by atoms with Crippen molar-refractivity contribution in [2.24, 2.45) is 0 Å². The van der Waals surface area contributed by atoms with Crippen LogP contribution in [0, 0.1) is 6.92 Å². The maximum absolute atomic E-state index is 13.5. The van der Waals surface area contributed by atoms with Crippen LogP contribution < -0.4 is 13.8 Å². The highest BCUT2D eigenvalue weighted by Crippen LogP contribution is 2.34. The Morgan fingerprint density at radius 2 is 1.48 bits per heavy atom. The van der Waals surface area contributed by atoms with E-state index in [0.717, 1.165) is 11.1 Å². The van der Waals surface area contributed by atoms with E-state index in [0.29, 0.717) is 22.2 Å². The van der Waals surface area contributed by atoms with E-state index in [4.69, 9.17) is 21.1 Å². The van der Waals surface area contributed by atoms with Crippen LogP contribution in [0.15, 0.2) is 71.6 Å². The Morgan fingerprint density at radius 1 is 0.862 bits per heavy atom. The molecule has 0 spiro atoms. The summed E-state index contributed by atoms with van der Waals surface area (Å²) in [4.78, 5) is 0.215. The van der Waals surface area contributed by atoms with Gasteiger partial charge in [-0.15, -0.1) is 0 Å². The van der Waals surface area contributed by atoms with E-state index in [-0.39, 0.29) is 11.4 Å².